The molecular formula is C36H20O2. The predicted octanol–water partition coefficient (Wildman–Crippen LogP) is 10.5. The Morgan fingerprint density at radius 3 is 1.05 bits per heavy atom. The van der Waals surface area contributed by atoms with Crippen LogP contribution in [-0.2, 0) is 0 Å². The molecule has 38 heavy (non-hydrogen) atoms. The van der Waals surface area contributed by atoms with E-state index >= 15 is 0 Å². The van der Waals surface area contributed by atoms with E-state index in [1.54, 1.807) is 0 Å². The molecule has 8 aromatic rings. The van der Waals surface area contributed by atoms with Gasteiger partial charge in [0.15, 0.2) is 0 Å². The van der Waals surface area contributed by atoms with Gasteiger partial charge >= 0.3 is 0 Å². The van der Waals surface area contributed by atoms with E-state index in [0.29, 0.717) is 0 Å². The number of para-hydroxylation sites is 2. The van der Waals surface area contributed by atoms with E-state index in [9.17, 15) is 0 Å². The predicted molar refractivity (Wildman–Crippen MR) is 156 cm³/mol. The van der Waals surface area contributed by atoms with Crippen molar-refractivity contribution in [3.05, 3.63) is 121 Å². The van der Waals surface area contributed by atoms with Crippen LogP contribution in [0.4, 0.5) is 0 Å². The highest BCUT2D eigenvalue weighted by Gasteiger charge is 2.25. The Labute approximate surface area is 218 Å². The van der Waals surface area contributed by atoms with Gasteiger partial charge in [-0.2, -0.15) is 0 Å². The smallest absolute Gasteiger partial charge is 0.136 e. The van der Waals surface area contributed by atoms with E-state index < -0.39 is 0 Å². The largest absolute Gasteiger partial charge is 0.456 e. The van der Waals surface area contributed by atoms with Crippen LogP contribution in [0.15, 0.2) is 130 Å². The molecule has 2 heterocycles. The minimum atomic E-state index is 0.895. The maximum Gasteiger partial charge on any atom is 0.136 e. The summed E-state index contributed by atoms with van der Waals surface area (Å²) in [5.74, 6) is 0. The highest BCUT2D eigenvalue weighted by atomic mass is 16.3. The molecule has 0 atom stereocenters. The summed E-state index contributed by atoms with van der Waals surface area (Å²) < 4.78 is 12.8. The van der Waals surface area contributed by atoms with Crippen molar-refractivity contribution >= 4 is 43.9 Å². The Kier molecular flexibility index (Phi) is 3.82. The van der Waals surface area contributed by atoms with E-state index in [-0.39, 0.29) is 0 Å². The van der Waals surface area contributed by atoms with E-state index in [0.717, 1.165) is 55.0 Å². The average Bonchev–Trinajstić information content (AvgIpc) is 3.52. The van der Waals surface area contributed by atoms with E-state index in [1.165, 1.54) is 33.4 Å². The summed E-state index contributed by atoms with van der Waals surface area (Å²) in [6.07, 6.45) is 0. The second kappa shape index (κ2) is 7.24. The molecule has 176 valence electrons. The molecule has 0 saturated carbocycles. The molecule has 9 rings (SSSR count). The van der Waals surface area contributed by atoms with Crippen LogP contribution in [0.3, 0.4) is 0 Å². The maximum absolute atomic E-state index is 6.38. The third-order valence-electron chi connectivity index (χ3n) is 8.05. The van der Waals surface area contributed by atoms with Crippen LogP contribution in [0.5, 0.6) is 0 Å². The lowest BCUT2D eigenvalue weighted by atomic mass is 9.80. The molecule has 0 fully saturated rings. The van der Waals surface area contributed by atoms with Gasteiger partial charge < -0.3 is 8.83 Å². The zero-order chi connectivity index (χ0) is 24.8. The van der Waals surface area contributed by atoms with Gasteiger partial charge in [0.2, 0.25) is 0 Å². The van der Waals surface area contributed by atoms with E-state index in [1.807, 2.05) is 24.3 Å². The SMILES string of the molecule is c1ccc2c(c1)-c1ccccc1-c1cc3c(cc1-c1cc4oc5ccccc5c4cc1-2)oc1ccccc13. The molecule has 0 spiro atoms. The van der Waals surface area contributed by atoms with Crippen LogP contribution in [0.1, 0.15) is 0 Å². The van der Waals surface area contributed by atoms with Gasteiger partial charge in [-0.1, -0.05) is 84.9 Å². The number of rotatable bonds is 0. The number of benzene rings is 6. The number of fused-ring (bicyclic) bond motifs is 14. The van der Waals surface area contributed by atoms with Crippen LogP contribution >= 0.6 is 0 Å². The monoisotopic (exact) mass is 484 g/mol. The second-order valence-electron chi connectivity index (χ2n) is 10.1. The Morgan fingerprint density at radius 1 is 0.263 bits per heavy atom. The fraction of sp³-hybridized carbons (Fsp3) is 0. The number of hydrogen-bond donors (Lipinski definition) is 0. The van der Waals surface area contributed by atoms with E-state index in [2.05, 4.69) is 97.1 Å². The molecule has 6 aromatic carbocycles. The molecule has 0 aliphatic heterocycles. The first-order valence-corrected chi connectivity index (χ1v) is 12.9. The summed E-state index contributed by atoms with van der Waals surface area (Å²) in [6, 6.07) is 43.2. The van der Waals surface area contributed by atoms with Gasteiger partial charge in [-0.05, 0) is 80.9 Å². The summed E-state index contributed by atoms with van der Waals surface area (Å²) >= 11 is 0. The standard InChI is InChI=1S/C36H20O2/c1-3-11-23-21(9-1)22-10-2-4-12-24(22)28-18-32-26-14-6-8-16-34(26)38-36(32)20-30(28)29-19-35-31(17-27(23)29)25-13-5-7-15-33(25)37-35/h1-20H. The highest BCUT2D eigenvalue weighted by molar-refractivity contribution is 6.15. The molecule has 1 aliphatic carbocycles. The Hall–Kier alpha value is -5.08. The van der Waals surface area contributed by atoms with Gasteiger partial charge in [-0.3, -0.25) is 0 Å². The van der Waals surface area contributed by atoms with Crippen molar-refractivity contribution < 1.29 is 8.83 Å². The summed E-state index contributed by atoms with van der Waals surface area (Å²) in [5.41, 5.74) is 13.2. The minimum Gasteiger partial charge on any atom is -0.456 e. The molecule has 0 N–H and O–H groups in total. The van der Waals surface area contributed by atoms with Crippen molar-refractivity contribution in [3.63, 3.8) is 0 Å². The lowest BCUT2D eigenvalue weighted by Crippen LogP contribution is -1.97. The topological polar surface area (TPSA) is 26.3 Å². The van der Waals surface area contributed by atoms with Crippen molar-refractivity contribution in [1.29, 1.82) is 0 Å². The van der Waals surface area contributed by atoms with Crippen molar-refractivity contribution in [2.24, 2.45) is 0 Å². The molecule has 2 heteroatoms. The zero-order valence-corrected chi connectivity index (χ0v) is 20.4. The van der Waals surface area contributed by atoms with Gasteiger partial charge in [0.1, 0.15) is 22.3 Å². The van der Waals surface area contributed by atoms with Crippen LogP contribution in [0.25, 0.3) is 88.4 Å². The van der Waals surface area contributed by atoms with Crippen molar-refractivity contribution in [1.82, 2.24) is 0 Å². The third-order valence-corrected chi connectivity index (χ3v) is 8.05. The van der Waals surface area contributed by atoms with Crippen molar-refractivity contribution in [2.75, 3.05) is 0 Å². The van der Waals surface area contributed by atoms with Gasteiger partial charge in [0.05, 0.1) is 0 Å². The molecule has 2 nitrogen and oxygen atoms in total. The second-order valence-corrected chi connectivity index (χ2v) is 10.1. The third kappa shape index (κ3) is 2.61. The average molecular weight is 485 g/mol. The zero-order valence-electron chi connectivity index (χ0n) is 20.4. The molecule has 0 radical (unpaired) electrons. The normalized spacial score (nSPS) is 12.2. The van der Waals surface area contributed by atoms with Crippen LogP contribution in [0, 0.1) is 0 Å². The van der Waals surface area contributed by atoms with Gasteiger partial charge in [-0.25, -0.2) is 0 Å². The molecule has 2 aromatic heterocycles. The summed E-state index contributed by atoms with van der Waals surface area (Å²) in [7, 11) is 0. The Morgan fingerprint density at radius 2 is 0.605 bits per heavy atom. The van der Waals surface area contributed by atoms with E-state index in [4.69, 9.17) is 8.83 Å². The molecule has 0 amide bonds. The first-order chi connectivity index (χ1) is 18.8. The minimum absolute atomic E-state index is 0.895. The number of furan rings is 2. The summed E-state index contributed by atoms with van der Waals surface area (Å²) in [6.45, 7) is 0. The fourth-order valence-corrected chi connectivity index (χ4v) is 6.34. The summed E-state index contributed by atoms with van der Waals surface area (Å²) in [5, 5.41) is 4.54. The first kappa shape index (κ1) is 20.0. The molecular weight excluding hydrogens is 464 g/mol. The lowest BCUT2D eigenvalue weighted by Gasteiger charge is -2.23. The fourth-order valence-electron chi connectivity index (χ4n) is 6.34. The van der Waals surface area contributed by atoms with Gasteiger partial charge in [0, 0.05) is 21.5 Å². The molecule has 0 saturated heterocycles. The number of hydrogen-bond acceptors (Lipinski definition) is 2. The maximum atomic E-state index is 6.38. The van der Waals surface area contributed by atoms with Crippen LogP contribution < -0.4 is 0 Å². The lowest BCUT2D eigenvalue weighted by molar-refractivity contribution is 0.668. The van der Waals surface area contributed by atoms with Crippen molar-refractivity contribution in [3.8, 4) is 44.5 Å². The van der Waals surface area contributed by atoms with Crippen LogP contribution in [-0.4, -0.2) is 0 Å². The first-order valence-electron chi connectivity index (χ1n) is 12.9. The molecule has 0 bridgehead atoms. The van der Waals surface area contributed by atoms with Gasteiger partial charge in [0.25, 0.3) is 0 Å². The summed E-state index contributed by atoms with van der Waals surface area (Å²) in [4.78, 5) is 0. The Balaban J connectivity index is 1.50. The van der Waals surface area contributed by atoms with Crippen LogP contribution in [0.2, 0.25) is 0 Å². The highest BCUT2D eigenvalue weighted by Crippen LogP contribution is 2.50. The quantitative estimate of drug-likeness (QED) is 0.214. The molecule has 1 aliphatic rings. The molecule has 0 unspecified atom stereocenters. The Bertz CT molecular complexity index is 2080. The van der Waals surface area contributed by atoms with Gasteiger partial charge in [-0.15, -0.1) is 0 Å². The van der Waals surface area contributed by atoms with Crippen molar-refractivity contribution in [2.45, 2.75) is 0 Å².